The molecule has 0 aliphatic carbocycles. The third kappa shape index (κ3) is 2.00. The number of piperidine rings is 1. The van der Waals surface area contributed by atoms with Gasteiger partial charge in [0.25, 0.3) is 0 Å². The number of hydrogen-bond acceptors (Lipinski definition) is 5. The number of methoxy groups -OCH3 is 1. The van der Waals surface area contributed by atoms with Crippen LogP contribution in [0.25, 0.3) is 0 Å². The summed E-state index contributed by atoms with van der Waals surface area (Å²) < 4.78 is 5.00. The number of ether oxygens (including phenoxy) is 1. The van der Waals surface area contributed by atoms with Gasteiger partial charge in [-0.3, -0.25) is 4.90 Å². The second kappa shape index (κ2) is 4.34. The lowest BCUT2D eigenvalue weighted by Gasteiger charge is -2.42. The number of likely N-dealkylation sites (tertiary alicyclic amines) is 1. The largest absolute Gasteiger partial charge is 0.395 e. The first-order valence-electron chi connectivity index (χ1n) is 4.31. The Balaban J connectivity index is 2.66. The molecule has 0 radical (unpaired) electrons. The summed E-state index contributed by atoms with van der Waals surface area (Å²) >= 11 is 0. The SMILES string of the molecule is CO[C@H]1CN(C)[C@H](CO)[C@@H](O)[C@@H]1O. The van der Waals surface area contributed by atoms with E-state index in [1.807, 2.05) is 0 Å². The number of nitrogens with zero attached hydrogens (tertiary/aromatic N) is 1. The van der Waals surface area contributed by atoms with Crippen LogP contribution in [0.4, 0.5) is 0 Å². The van der Waals surface area contributed by atoms with Crippen LogP contribution < -0.4 is 0 Å². The summed E-state index contributed by atoms with van der Waals surface area (Å²) in [5, 5.41) is 28.1. The van der Waals surface area contributed by atoms with E-state index in [2.05, 4.69) is 0 Å². The van der Waals surface area contributed by atoms with Crippen molar-refractivity contribution in [3.8, 4) is 0 Å². The van der Waals surface area contributed by atoms with Crippen molar-refractivity contribution in [2.45, 2.75) is 24.4 Å². The van der Waals surface area contributed by atoms with E-state index < -0.39 is 18.2 Å². The number of hydrogen-bond donors (Lipinski definition) is 3. The highest BCUT2D eigenvalue weighted by atomic mass is 16.5. The molecule has 1 fully saturated rings. The molecule has 78 valence electrons. The van der Waals surface area contributed by atoms with Gasteiger partial charge in [0, 0.05) is 13.7 Å². The second-order valence-electron chi connectivity index (χ2n) is 3.44. The Labute approximate surface area is 77.5 Å². The zero-order chi connectivity index (χ0) is 10.0. The fourth-order valence-electron chi connectivity index (χ4n) is 1.70. The van der Waals surface area contributed by atoms with Gasteiger partial charge in [0.05, 0.1) is 18.8 Å². The number of likely N-dealkylation sites (N-methyl/N-ethyl adjacent to an activating group) is 1. The minimum absolute atomic E-state index is 0.162. The van der Waals surface area contributed by atoms with E-state index >= 15 is 0 Å². The highest BCUT2D eigenvalue weighted by Crippen LogP contribution is 2.18. The van der Waals surface area contributed by atoms with E-state index in [1.165, 1.54) is 7.11 Å². The molecule has 1 aliphatic heterocycles. The highest BCUT2D eigenvalue weighted by Gasteiger charge is 2.40. The number of aliphatic hydroxyl groups is 3. The third-order valence-electron chi connectivity index (χ3n) is 2.65. The lowest BCUT2D eigenvalue weighted by atomic mass is 9.95. The zero-order valence-electron chi connectivity index (χ0n) is 7.92. The summed E-state index contributed by atoms with van der Waals surface area (Å²) in [6, 6.07) is -0.401. The first-order valence-corrected chi connectivity index (χ1v) is 4.31. The molecule has 0 aromatic rings. The Bertz CT molecular complexity index is 166. The fourth-order valence-corrected chi connectivity index (χ4v) is 1.70. The smallest absolute Gasteiger partial charge is 0.109 e. The molecule has 5 heteroatoms. The molecule has 1 aliphatic rings. The predicted octanol–water partition coefficient (Wildman–Crippen LogP) is -1.97. The molecule has 0 spiro atoms. The van der Waals surface area contributed by atoms with E-state index in [0.717, 1.165) is 0 Å². The lowest BCUT2D eigenvalue weighted by Crippen LogP contribution is -2.61. The standard InChI is InChI=1S/C8H17NO4/c1-9-3-6(13-2)8(12)7(11)5(9)4-10/h5-8,10-12H,3-4H2,1-2H3/t5-,6+,7-,8-/m1/s1. The van der Waals surface area contributed by atoms with Crippen molar-refractivity contribution in [1.29, 1.82) is 0 Å². The summed E-state index contributed by atoms with van der Waals surface area (Å²) in [6.07, 6.45) is -2.25. The Kier molecular flexibility index (Phi) is 3.63. The Morgan fingerprint density at radius 2 is 2.00 bits per heavy atom. The van der Waals surface area contributed by atoms with Crippen molar-refractivity contribution in [1.82, 2.24) is 4.90 Å². The third-order valence-corrected chi connectivity index (χ3v) is 2.65. The number of rotatable bonds is 2. The number of aliphatic hydroxyl groups excluding tert-OH is 3. The molecule has 0 bridgehead atoms. The van der Waals surface area contributed by atoms with E-state index in [9.17, 15) is 10.2 Å². The van der Waals surface area contributed by atoms with Gasteiger partial charge in [-0.05, 0) is 7.05 Å². The summed E-state index contributed by atoms with van der Waals surface area (Å²) in [5.74, 6) is 0. The van der Waals surface area contributed by atoms with E-state index in [1.54, 1.807) is 11.9 Å². The summed E-state index contributed by atoms with van der Waals surface area (Å²) in [7, 11) is 3.27. The maximum atomic E-state index is 9.58. The van der Waals surface area contributed by atoms with Crippen LogP contribution >= 0.6 is 0 Å². The van der Waals surface area contributed by atoms with Crippen molar-refractivity contribution in [3.63, 3.8) is 0 Å². The van der Waals surface area contributed by atoms with Gasteiger partial charge >= 0.3 is 0 Å². The van der Waals surface area contributed by atoms with Crippen LogP contribution in [0.1, 0.15) is 0 Å². The molecule has 1 heterocycles. The molecule has 5 nitrogen and oxygen atoms in total. The molecule has 0 saturated carbocycles. The predicted molar refractivity (Wildman–Crippen MR) is 46.3 cm³/mol. The van der Waals surface area contributed by atoms with Gasteiger partial charge in [-0.2, -0.15) is 0 Å². The van der Waals surface area contributed by atoms with Crippen molar-refractivity contribution in [3.05, 3.63) is 0 Å². The lowest BCUT2D eigenvalue weighted by molar-refractivity contribution is -0.148. The average Bonchev–Trinajstić information content (AvgIpc) is 2.12. The first-order chi connectivity index (χ1) is 6.11. The van der Waals surface area contributed by atoms with E-state index in [-0.39, 0.29) is 12.7 Å². The summed E-state index contributed by atoms with van der Waals surface area (Å²) in [6.45, 7) is 0.352. The summed E-state index contributed by atoms with van der Waals surface area (Å²) in [4.78, 5) is 1.78. The maximum absolute atomic E-state index is 9.58. The molecule has 4 atom stereocenters. The normalized spacial score (nSPS) is 42.2. The van der Waals surface area contributed by atoms with E-state index in [4.69, 9.17) is 9.84 Å². The van der Waals surface area contributed by atoms with Crippen LogP contribution in [0, 0.1) is 0 Å². The fraction of sp³-hybridized carbons (Fsp3) is 1.00. The molecule has 0 amide bonds. The highest BCUT2D eigenvalue weighted by molar-refractivity contribution is 4.93. The molecule has 1 rings (SSSR count). The van der Waals surface area contributed by atoms with Crippen molar-refractivity contribution >= 4 is 0 Å². The molecule has 13 heavy (non-hydrogen) atoms. The molecule has 1 saturated heterocycles. The Hall–Kier alpha value is -0.200. The molecular weight excluding hydrogens is 174 g/mol. The molecule has 0 unspecified atom stereocenters. The van der Waals surface area contributed by atoms with Crippen molar-refractivity contribution in [2.24, 2.45) is 0 Å². The van der Waals surface area contributed by atoms with Crippen LogP contribution in [0.5, 0.6) is 0 Å². The van der Waals surface area contributed by atoms with Gasteiger partial charge in [0.2, 0.25) is 0 Å². The van der Waals surface area contributed by atoms with Crippen LogP contribution in [0.15, 0.2) is 0 Å². The van der Waals surface area contributed by atoms with E-state index in [0.29, 0.717) is 6.54 Å². The monoisotopic (exact) mass is 191 g/mol. The summed E-state index contributed by atoms with van der Waals surface area (Å²) in [5.41, 5.74) is 0. The van der Waals surface area contributed by atoms with Crippen LogP contribution in [-0.2, 0) is 4.74 Å². The quantitative estimate of drug-likeness (QED) is 0.472. The zero-order valence-corrected chi connectivity index (χ0v) is 7.92. The molecule has 0 aromatic carbocycles. The van der Waals surface area contributed by atoms with Gasteiger partial charge in [0.15, 0.2) is 0 Å². The van der Waals surface area contributed by atoms with Crippen LogP contribution in [-0.4, -0.2) is 71.9 Å². The minimum Gasteiger partial charge on any atom is -0.395 e. The van der Waals surface area contributed by atoms with Crippen LogP contribution in [0.3, 0.4) is 0 Å². The van der Waals surface area contributed by atoms with Gasteiger partial charge in [-0.1, -0.05) is 0 Å². The molecule has 0 aromatic heterocycles. The van der Waals surface area contributed by atoms with Gasteiger partial charge < -0.3 is 20.1 Å². The van der Waals surface area contributed by atoms with Gasteiger partial charge in [-0.25, -0.2) is 0 Å². The Morgan fingerprint density at radius 1 is 1.38 bits per heavy atom. The van der Waals surface area contributed by atoms with Gasteiger partial charge in [-0.15, -0.1) is 0 Å². The first kappa shape index (κ1) is 10.9. The second-order valence-corrected chi connectivity index (χ2v) is 3.44. The van der Waals surface area contributed by atoms with Gasteiger partial charge in [0.1, 0.15) is 12.2 Å². The average molecular weight is 191 g/mol. The Morgan fingerprint density at radius 3 is 2.46 bits per heavy atom. The maximum Gasteiger partial charge on any atom is 0.109 e. The molecule has 3 N–H and O–H groups in total. The minimum atomic E-state index is -0.950. The van der Waals surface area contributed by atoms with Crippen LogP contribution in [0.2, 0.25) is 0 Å². The molecular formula is C8H17NO4. The van der Waals surface area contributed by atoms with Crippen molar-refractivity contribution < 1.29 is 20.1 Å². The topological polar surface area (TPSA) is 73.2 Å². The van der Waals surface area contributed by atoms with Crippen molar-refractivity contribution in [2.75, 3.05) is 27.3 Å².